The predicted octanol–water partition coefficient (Wildman–Crippen LogP) is 4.38. The molecule has 0 aliphatic heterocycles. The van der Waals surface area contributed by atoms with Crippen molar-refractivity contribution in [2.75, 3.05) is 27.3 Å². The molecule has 1 aliphatic carbocycles. The van der Waals surface area contributed by atoms with Crippen molar-refractivity contribution >= 4 is 5.69 Å². The van der Waals surface area contributed by atoms with Gasteiger partial charge in [0.15, 0.2) is 11.5 Å². The highest BCUT2D eigenvalue weighted by Gasteiger charge is 2.25. The molecule has 2 N–H and O–H groups in total. The van der Waals surface area contributed by atoms with Gasteiger partial charge in [-0.1, -0.05) is 30.3 Å². The van der Waals surface area contributed by atoms with E-state index in [1.807, 2.05) is 18.2 Å². The molecule has 0 spiro atoms. The topological polar surface area (TPSA) is 90.9 Å². The molecule has 7 nitrogen and oxygen atoms in total. The number of nitro benzene ring substituents is 1. The van der Waals surface area contributed by atoms with Crippen LogP contribution in [0, 0.1) is 22.0 Å². The summed E-state index contributed by atoms with van der Waals surface area (Å²) in [5.74, 6) is 2.08. The molecule has 31 heavy (non-hydrogen) atoms. The molecule has 7 heteroatoms. The van der Waals surface area contributed by atoms with Crippen molar-refractivity contribution < 1.29 is 14.4 Å². The molecular weight excluding hydrogens is 394 g/mol. The Morgan fingerprint density at radius 1 is 1.00 bits per heavy atom. The van der Waals surface area contributed by atoms with Crippen LogP contribution in [0.4, 0.5) is 5.69 Å². The minimum atomic E-state index is -0.343. The summed E-state index contributed by atoms with van der Waals surface area (Å²) in [7, 11) is 3.03. The number of methoxy groups -OCH3 is 2. The molecular formula is C24H33N3O4. The molecule has 3 rings (SSSR count). The lowest BCUT2D eigenvalue weighted by Crippen LogP contribution is -2.32. The minimum absolute atomic E-state index is 0.0579. The Balaban J connectivity index is 1.84. The van der Waals surface area contributed by atoms with Gasteiger partial charge in [0.2, 0.25) is 0 Å². The molecule has 0 saturated heterocycles. The van der Waals surface area contributed by atoms with Crippen molar-refractivity contribution in [3.63, 3.8) is 0 Å². The largest absolute Gasteiger partial charge is 0.493 e. The van der Waals surface area contributed by atoms with Crippen LogP contribution in [-0.2, 0) is 13.1 Å². The summed E-state index contributed by atoms with van der Waals surface area (Å²) >= 11 is 0. The maximum absolute atomic E-state index is 11.8. The van der Waals surface area contributed by atoms with Gasteiger partial charge in [0.05, 0.1) is 25.2 Å². The zero-order chi connectivity index (χ0) is 22.2. The summed E-state index contributed by atoms with van der Waals surface area (Å²) in [6, 6.07) is 13.4. The first-order valence-electron chi connectivity index (χ1n) is 10.9. The molecule has 1 saturated carbocycles. The smallest absolute Gasteiger partial charge is 0.277 e. The first-order chi connectivity index (χ1) is 15.0. The second kappa shape index (κ2) is 11.1. The van der Waals surface area contributed by atoms with Gasteiger partial charge in [0, 0.05) is 25.2 Å². The molecule has 1 aliphatic rings. The molecule has 1 fully saturated rings. The van der Waals surface area contributed by atoms with Gasteiger partial charge in [0.25, 0.3) is 5.69 Å². The lowest BCUT2D eigenvalue weighted by atomic mass is 9.82. The number of nitro groups is 1. The molecule has 0 heterocycles. The van der Waals surface area contributed by atoms with Crippen LogP contribution in [-0.4, -0.2) is 37.1 Å². The highest BCUT2D eigenvalue weighted by Crippen LogP contribution is 2.36. The highest BCUT2D eigenvalue weighted by molar-refractivity contribution is 5.54. The quantitative estimate of drug-likeness (QED) is 0.447. The van der Waals surface area contributed by atoms with Gasteiger partial charge in [-0.3, -0.25) is 15.0 Å². The van der Waals surface area contributed by atoms with Crippen LogP contribution in [0.25, 0.3) is 0 Å². The van der Waals surface area contributed by atoms with E-state index in [-0.39, 0.29) is 10.6 Å². The normalized spacial score (nSPS) is 18.7. The van der Waals surface area contributed by atoms with Gasteiger partial charge in [-0.15, -0.1) is 0 Å². The lowest BCUT2D eigenvalue weighted by molar-refractivity contribution is -0.385. The molecule has 0 aromatic heterocycles. The lowest BCUT2D eigenvalue weighted by Gasteiger charge is -2.32. The zero-order valence-electron chi connectivity index (χ0n) is 18.5. The van der Waals surface area contributed by atoms with E-state index in [0.29, 0.717) is 35.4 Å². The average molecular weight is 428 g/mol. The Bertz CT molecular complexity index is 851. The van der Waals surface area contributed by atoms with E-state index in [9.17, 15) is 10.1 Å². The Morgan fingerprint density at radius 3 is 2.19 bits per heavy atom. The Kier molecular flexibility index (Phi) is 8.26. The van der Waals surface area contributed by atoms with E-state index in [2.05, 4.69) is 17.0 Å². The van der Waals surface area contributed by atoms with Crippen molar-refractivity contribution in [2.45, 2.75) is 38.8 Å². The van der Waals surface area contributed by atoms with Crippen LogP contribution in [0.2, 0.25) is 0 Å². The van der Waals surface area contributed by atoms with Crippen molar-refractivity contribution in [3.8, 4) is 11.5 Å². The molecule has 0 atom stereocenters. The van der Waals surface area contributed by atoms with Crippen LogP contribution in [0.1, 0.15) is 36.8 Å². The first kappa shape index (κ1) is 23.0. The van der Waals surface area contributed by atoms with Gasteiger partial charge in [-0.2, -0.15) is 0 Å². The highest BCUT2D eigenvalue weighted by atomic mass is 16.6. The number of nitrogens with two attached hydrogens (primary N) is 1. The van der Waals surface area contributed by atoms with Crippen LogP contribution in [0.3, 0.4) is 0 Å². The van der Waals surface area contributed by atoms with E-state index in [0.717, 1.165) is 45.3 Å². The van der Waals surface area contributed by atoms with E-state index >= 15 is 0 Å². The third-order valence-corrected chi connectivity index (χ3v) is 6.24. The summed E-state index contributed by atoms with van der Waals surface area (Å²) in [5.41, 5.74) is 7.74. The predicted molar refractivity (Wildman–Crippen MR) is 121 cm³/mol. The summed E-state index contributed by atoms with van der Waals surface area (Å²) < 4.78 is 10.7. The first-order valence-corrected chi connectivity index (χ1v) is 10.9. The molecule has 0 radical (unpaired) electrons. The number of nitrogens with zero attached hydrogens (tertiary/aromatic N) is 2. The Hall–Kier alpha value is -2.64. The van der Waals surface area contributed by atoms with Crippen molar-refractivity contribution in [3.05, 3.63) is 63.7 Å². The standard InChI is InChI=1S/C24H33N3O4/c1-30-23-12-21(22(27(28)29)13-24(23)31-2)17-26(15-19-6-4-3-5-7-19)16-20-10-8-18(14-25)9-11-20/h3-7,12-13,18,20H,8-11,14-17,25H2,1-2H3. The minimum Gasteiger partial charge on any atom is -0.493 e. The Morgan fingerprint density at radius 2 is 1.61 bits per heavy atom. The van der Waals surface area contributed by atoms with Gasteiger partial charge in [-0.05, 0) is 55.7 Å². The monoisotopic (exact) mass is 427 g/mol. The number of ether oxygens (including phenoxy) is 2. The second-order valence-electron chi connectivity index (χ2n) is 8.37. The average Bonchev–Trinajstić information content (AvgIpc) is 2.79. The summed E-state index contributed by atoms with van der Waals surface area (Å²) in [6.45, 7) is 2.88. The third kappa shape index (κ3) is 6.18. The zero-order valence-corrected chi connectivity index (χ0v) is 18.5. The van der Waals surface area contributed by atoms with Gasteiger partial charge in [-0.25, -0.2) is 0 Å². The number of rotatable bonds is 10. The van der Waals surface area contributed by atoms with Crippen molar-refractivity contribution in [1.82, 2.24) is 4.90 Å². The molecule has 168 valence electrons. The maximum atomic E-state index is 11.8. The van der Waals surface area contributed by atoms with Crippen LogP contribution < -0.4 is 15.2 Å². The number of hydrogen-bond acceptors (Lipinski definition) is 6. The second-order valence-corrected chi connectivity index (χ2v) is 8.37. The van der Waals surface area contributed by atoms with Gasteiger partial charge in [0.1, 0.15) is 0 Å². The SMILES string of the molecule is COc1cc(CN(Cc2ccccc2)CC2CCC(CN)CC2)c([N+](=O)[O-])cc1OC. The number of benzene rings is 2. The van der Waals surface area contributed by atoms with Crippen molar-refractivity contribution in [2.24, 2.45) is 17.6 Å². The summed E-state index contributed by atoms with van der Waals surface area (Å²) in [4.78, 5) is 13.7. The summed E-state index contributed by atoms with van der Waals surface area (Å²) in [6.07, 6.45) is 4.63. The molecule has 2 aromatic rings. The van der Waals surface area contributed by atoms with E-state index in [1.54, 1.807) is 13.2 Å². The maximum Gasteiger partial charge on any atom is 0.277 e. The molecule has 0 unspecified atom stereocenters. The van der Waals surface area contributed by atoms with Gasteiger partial charge >= 0.3 is 0 Å². The van der Waals surface area contributed by atoms with Crippen LogP contribution >= 0.6 is 0 Å². The molecule has 0 bridgehead atoms. The van der Waals surface area contributed by atoms with E-state index < -0.39 is 0 Å². The van der Waals surface area contributed by atoms with E-state index in [1.165, 1.54) is 18.7 Å². The van der Waals surface area contributed by atoms with E-state index in [4.69, 9.17) is 15.2 Å². The fourth-order valence-electron chi connectivity index (χ4n) is 4.49. The third-order valence-electron chi connectivity index (χ3n) is 6.24. The summed E-state index contributed by atoms with van der Waals surface area (Å²) in [5, 5.41) is 11.8. The van der Waals surface area contributed by atoms with Gasteiger partial charge < -0.3 is 15.2 Å². The fourth-order valence-corrected chi connectivity index (χ4v) is 4.49. The van der Waals surface area contributed by atoms with Crippen molar-refractivity contribution in [1.29, 1.82) is 0 Å². The fraction of sp³-hybridized carbons (Fsp3) is 0.500. The Labute approximate surface area is 184 Å². The molecule has 0 amide bonds. The number of hydrogen-bond donors (Lipinski definition) is 1. The molecule has 2 aromatic carbocycles. The van der Waals surface area contributed by atoms with Crippen LogP contribution in [0.15, 0.2) is 42.5 Å². The van der Waals surface area contributed by atoms with Crippen LogP contribution in [0.5, 0.6) is 11.5 Å².